The molecule has 0 aromatic heterocycles. The molecule has 0 heterocycles. The maximum atomic E-state index is 2.42. The van der Waals surface area contributed by atoms with Crippen LogP contribution in [0.3, 0.4) is 0 Å². The highest BCUT2D eigenvalue weighted by Crippen LogP contribution is 2.55. The minimum Gasteiger partial charge on any atom is -0.0616 e. The molecule has 0 amide bonds. The zero-order valence-corrected chi connectivity index (χ0v) is 17.7. The molecule has 0 fully saturated rings. The van der Waals surface area contributed by atoms with Crippen LogP contribution in [0, 0.1) is 0 Å². The topological polar surface area (TPSA) is 0 Å². The van der Waals surface area contributed by atoms with E-state index in [9.17, 15) is 0 Å². The first-order valence-corrected chi connectivity index (χ1v) is 11.1. The second kappa shape index (κ2) is 5.74. The zero-order chi connectivity index (χ0) is 20.7. The Morgan fingerprint density at radius 2 is 1.06 bits per heavy atom. The van der Waals surface area contributed by atoms with Crippen molar-refractivity contribution in [3.8, 4) is 11.1 Å². The molecule has 0 spiro atoms. The molecule has 0 radical (unpaired) electrons. The summed E-state index contributed by atoms with van der Waals surface area (Å²) in [5.41, 5.74) is 5.58. The maximum Gasteiger partial charge on any atom is 0.0171 e. The van der Waals surface area contributed by atoms with Crippen LogP contribution in [0.1, 0.15) is 25.0 Å². The number of rotatable bonds is 0. The molecule has 0 saturated carbocycles. The van der Waals surface area contributed by atoms with Crippen molar-refractivity contribution in [3.05, 3.63) is 108 Å². The number of hydrogen-bond donors (Lipinski definition) is 0. The van der Waals surface area contributed by atoms with Crippen molar-refractivity contribution in [1.82, 2.24) is 0 Å². The molecule has 0 nitrogen and oxygen atoms in total. The molecule has 6 aromatic rings. The van der Waals surface area contributed by atoms with Crippen LogP contribution in [0.2, 0.25) is 0 Å². The van der Waals surface area contributed by atoms with E-state index in [4.69, 9.17) is 0 Å². The first-order valence-electron chi connectivity index (χ1n) is 11.1. The largest absolute Gasteiger partial charge is 0.0616 e. The number of hydrogen-bond acceptors (Lipinski definition) is 0. The smallest absolute Gasteiger partial charge is 0.0171 e. The van der Waals surface area contributed by atoms with E-state index >= 15 is 0 Å². The molecule has 31 heavy (non-hydrogen) atoms. The third kappa shape index (κ3) is 2.05. The fourth-order valence-corrected chi connectivity index (χ4v) is 6.17. The predicted octanol–water partition coefficient (Wildman–Crippen LogP) is 8.61. The van der Waals surface area contributed by atoms with Crippen LogP contribution in [-0.4, -0.2) is 0 Å². The summed E-state index contributed by atoms with van der Waals surface area (Å²) >= 11 is 0. The van der Waals surface area contributed by atoms with Gasteiger partial charge in [0.1, 0.15) is 0 Å². The molecule has 1 aliphatic rings. The van der Waals surface area contributed by atoms with Crippen LogP contribution in [0.5, 0.6) is 0 Å². The van der Waals surface area contributed by atoms with E-state index in [1.54, 1.807) is 0 Å². The van der Waals surface area contributed by atoms with Gasteiger partial charge in [0.05, 0.1) is 0 Å². The highest BCUT2D eigenvalue weighted by atomic mass is 14.4. The molecule has 0 saturated heterocycles. The van der Waals surface area contributed by atoms with Crippen molar-refractivity contribution in [1.29, 1.82) is 0 Å². The van der Waals surface area contributed by atoms with E-state index < -0.39 is 0 Å². The van der Waals surface area contributed by atoms with Crippen LogP contribution in [0.15, 0.2) is 97.1 Å². The van der Waals surface area contributed by atoms with Gasteiger partial charge in [-0.05, 0) is 71.4 Å². The highest BCUT2D eigenvalue weighted by molar-refractivity contribution is 6.22. The molecular formula is C31H22. The molecule has 6 aromatic carbocycles. The number of benzene rings is 6. The Morgan fingerprint density at radius 1 is 0.484 bits per heavy atom. The fourth-order valence-electron chi connectivity index (χ4n) is 6.17. The standard InChI is InChI=1S/C31H22/c1-31(2)29-21-12-4-3-10-19(21)18-20-11-9-17-26(27(20)29)28-24-15-7-5-13-22(24)23-14-6-8-16-25(23)30(28)31/h3-18H,1-2H3. The molecular weight excluding hydrogens is 372 g/mol. The zero-order valence-electron chi connectivity index (χ0n) is 17.7. The summed E-state index contributed by atoms with van der Waals surface area (Å²) in [6.45, 7) is 4.84. The van der Waals surface area contributed by atoms with Crippen LogP contribution in [0.4, 0.5) is 0 Å². The van der Waals surface area contributed by atoms with Crippen molar-refractivity contribution in [3.63, 3.8) is 0 Å². The summed E-state index contributed by atoms with van der Waals surface area (Å²) in [6, 6.07) is 36.0. The molecule has 1 aliphatic carbocycles. The Balaban J connectivity index is 1.85. The van der Waals surface area contributed by atoms with Gasteiger partial charge < -0.3 is 0 Å². The van der Waals surface area contributed by atoms with E-state index in [0.29, 0.717) is 0 Å². The maximum absolute atomic E-state index is 2.42. The van der Waals surface area contributed by atoms with Crippen molar-refractivity contribution in [2.24, 2.45) is 0 Å². The summed E-state index contributed by atoms with van der Waals surface area (Å²) in [5.74, 6) is 0. The van der Waals surface area contributed by atoms with Gasteiger partial charge in [0.25, 0.3) is 0 Å². The summed E-state index contributed by atoms with van der Waals surface area (Å²) in [6.07, 6.45) is 0. The van der Waals surface area contributed by atoms with Gasteiger partial charge in [-0.1, -0.05) is 105 Å². The van der Waals surface area contributed by atoms with Crippen molar-refractivity contribution < 1.29 is 0 Å². The SMILES string of the molecule is CC1(C)c2c(c3ccccc3c3ccccc23)-c2cccc3cc4ccccc4c1c23. The Kier molecular flexibility index (Phi) is 3.16. The Bertz CT molecular complexity index is 1700. The summed E-state index contributed by atoms with van der Waals surface area (Å²) in [7, 11) is 0. The van der Waals surface area contributed by atoms with Gasteiger partial charge in [-0.3, -0.25) is 0 Å². The van der Waals surface area contributed by atoms with Crippen molar-refractivity contribution in [2.45, 2.75) is 19.3 Å². The molecule has 146 valence electrons. The third-order valence-corrected chi connectivity index (χ3v) is 7.34. The van der Waals surface area contributed by atoms with E-state index in [1.165, 1.54) is 65.3 Å². The van der Waals surface area contributed by atoms with Crippen LogP contribution in [0.25, 0.3) is 54.2 Å². The van der Waals surface area contributed by atoms with Crippen LogP contribution < -0.4 is 0 Å². The lowest BCUT2D eigenvalue weighted by molar-refractivity contribution is 0.658. The van der Waals surface area contributed by atoms with Crippen LogP contribution >= 0.6 is 0 Å². The van der Waals surface area contributed by atoms with Crippen LogP contribution in [-0.2, 0) is 5.41 Å². The lowest BCUT2D eigenvalue weighted by atomic mass is 9.65. The highest BCUT2D eigenvalue weighted by Gasteiger charge is 2.37. The van der Waals surface area contributed by atoms with Gasteiger partial charge in [0, 0.05) is 5.41 Å². The monoisotopic (exact) mass is 394 g/mol. The fraction of sp³-hybridized carbons (Fsp3) is 0.0968. The molecule has 0 atom stereocenters. The molecule has 7 rings (SSSR count). The summed E-state index contributed by atoms with van der Waals surface area (Å²) in [5, 5.41) is 10.9. The molecule has 0 aliphatic heterocycles. The second-order valence-corrected chi connectivity index (χ2v) is 9.34. The quantitative estimate of drug-likeness (QED) is 0.179. The lowest BCUT2D eigenvalue weighted by Gasteiger charge is -2.38. The Morgan fingerprint density at radius 3 is 1.84 bits per heavy atom. The average molecular weight is 395 g/mol. The molecule has 0 N–H and O–H groups in total. The molecule has 0 bridgehead atoms. The average Bonchev–Trinajstić information content (AvgIpc) is 2.80. The van der Waals surface area contributed by atoms with Gasteiger partial charge in [0.2, 0.25) is 0 Å². The van der Waals surface area contributed by atoms with E-state index in [-0.39, 0.29) is 5.41 Å². The van der Waals surface area contributed by atoms with Gasteiger partial charge >= 0.3 is 0 Å². The second-order valence-electron chi connectivity index (χ2n) is 9.34. The summed E-state index contributed by atoms with van der Waals surface area (Å²) in [4.78, 5) is 0. The van der Waals surface area contributed by atoms with E-state index in [0.717, 1.165) is 0 Å². The minimum absolute atomic E-state index is 0.119. The first-order chi connectivity index (χ1) is 15.2. The lowest BCUT2D eigenvalue weighted by Crippen LogP contribution is -2.25. The molecule has 0 unspecified atom stereocenters. The first kappa shape index (κ1) is 17.1. The minimum atomic E-state index is -0.119. The van der Waals surface area contributed by atoms with E-state index in [1.807, 2.05) is 0 Å². The van der Waals surface area contributed by atoms with Gasteiger partial charge in [-0.2, -0.15) is 0 Å². The Labute approximate surface area is 181 Å². The van der Waals surface area contributed by atoms with Gasteiger partial charge in [0.15, 0.2) is 0 Å². The summed E-state index contributed by atoms with van der Waals surface area (Å²) < 4.78 is 0. The third-order valence-electron chi connectivity index (χ3n) is 7.34. The van der Waals surface area contributed by atoms with Gasteiger partial charge in [-0.25, -0.2) is 0 Å². The van der Waals surface area contributed by atoms with Crippen molar-refractivity contribution in [2.75, 3.05) is 0 Å². The number of fused-ring (bicyclic) bond motifs is 9. The van der Waals surface area contributed by atoms with Gasteiger partial charge in [-0.15, -0.1) is 0 Å². The van der Waals surface area contributed by atoms with Crippen molar-refractivity contribution >= 4 is 43.1 Å². The predicted molar refractivity (Wildman–Crippen MR) is 134 cm³/mol. The van der Waals surface area contributed by atoms with E-state index in [2.05, 4.69) is 111 Å². The normalized spacial score (nSPS) is 14.4. The Hall–Kier alpha value is -3.64. The molecule has 0 heteroatoms.